The molecule has 0 amide bonds. The van der Waals surface area contributed by atoms with Crippen LogP contribution in [0, 0.1) is 0 Å². The van der Waals surface area contributed by atoms with Crippen molar-refractivity contribution in [3.05, 3.63) is 47.1 Å². The lowest BCUT2D eigenvalue weighted by atomic mass is 10.0. The molecule has 0 aromatic rings. The fraction of sp³-hybridized carbons (Fsp3) is 0.250. The molecule has 13 heavy (non-hydrogen) atoms. The maximum absolute atomic E-state index is 10.4. The molecule has 0 aromatic heterocycles. The molecule has 68 valence electrons. The average Bonchev–Trinajstić information content (AvgIpc) is 2.18. The molecule has 0 saturated carbocycles. The normalized spacial score (nSPS) is 20.3. The molecule has 0 atom stereocenters. The Balaban J connectivity index is 2.87. The lowest BCUT2D eigenvalue weighted by Crippen LogP contribution is -1.87. The van der Waals surface area contributed by atoms with Crippen LogP contribution in [0.4, 0.5) is 0 Å². The topological polar surface area (TPSA) is 17.1 Å². The van der Waals surface area contributed by atoms with E-state index in [2.05, 4.69) is 18.2 Å². The summed E-state index contributed by atoms with van der Waals surface area (Å²) in [5.74, 6) is 0. The smallest absolute Gasteiger partial charge is 0.145 e. The number of carbonyl (C=O) groups excluding carboxylic acids is 1. The average molecular weight is 174 g/mol. The SMILES string of the molecule is CC=C1C=C(C=C(C)C=O)C=CC1. The van der Waals surface area contributed by atoms with Gasteiger partial charge in [0, 0.05) is 0 Å². The zero-order valence-corrected chi connectivity index (χ0v) is 8.08. The summed E-state index contributed by atoms with van der Waals surface area (Å²) in [6, 6.07) is 0. The van der Waals surface area contributed by atoms with Gasteiger partial charge in [0.15, 0.2) is 0 Å². The van der Waals surface area contributed by atoms with E-state index >= 15 is 0 Å². The highest BCUT2D eigenvalue weighted by molar-refractivity contribution is 5.73. The molecule has 0 N–H and O–H groups in total. The van der Waals surface area contributed by atoms with E-state index in [1.54, 1.807) is 0 Å². The predicted molar refractivity (Wildman–Crippen MR) is 55.4 cm³/mol. The summed E-state index contributed by atoms with van der Waals surface area (Å²) in [7, 11) is 0. The van der Waals surface area contributed by atoms with Gasteiger partial charge in [-0.05, 0) is 43.1 Å². The van der Waals surface area contributed by atoms with E-state index in [1.165, 1.54) is 5.57 Å². The zero-order valence-electron chi connectivity index (χ0n) is 8.08. The van der Waals surface area contributed by atoms with Gasteiger partial charge in [0.25, 0.3) is 0 Å². The van der Waals surface area contributed by atoms with Gasteiger partial charge in [-0.3, -0.25) is 4.79 Å². The molecule has 0 aliphatic heterocycles. The third-order valence-corrected chi connectivity index (χ3v) is 1.97. The first-order valence-corrected chi connectivity index (χ1v) is 4.43. The number of hydrogen-bond acceptors (Lipinski definition) is 1. The Labute approximate surface area is 79.2 Å². The molecule has 0 bridgehead atoms. The van der Waals surface area contributed by atoms with Gasteiger partial charge in [-0.15, -0.1) is 0 Å². The first kappa shape index (κ1) is 9.72. The molecule has 1 nitrogen and oxygen atoms in total. The minimum atomic E-state index is 0.758. The van der Waals surface area contributed by atoms with Crippen LogP contribution in [0.15, 0.2) is 47.1 Å². The number of carbonyl (C=O) groups is 1. The van der Waals surface area contributed by atoms with Crippen molar-refractivity contribution >= 4 is 6.29 Å². The van der Waals surface area contributed by atoms with Crippen LogP contribution >= 0.6 is 0 Å². The van der Waals surface area contributed by atoms with Crippen LogP contribution in [0.3, 0.4) is 0 Å². The van der Waals surface area contributed by atoms with Crippen molar-refractivity contribution < 1.29 is 4.79 Å². The summed E-state index contributed by atoms with van der Waals surface area (Å²) < 4.78 is 0. The highest BCUT2D eigenvalue weighted by atomic mass is 16.1. The largest absolute Gasteiger partial charge is 0.298 e. The Morgan fingerprint density at radius 2 is 2.31 bits per heavy atom. The van der Waals surface area contributed by atoms with Crippen LogP contribution in [0.1, 0.15) is 20.3 Å². The maximum Gasteiger partial charge on any atom is 0.145 e. The highest BCUT2D eigenvalue weighted by Crippen LogP contribution is 2.17. The molecular weight excluding hydrogens is 160 g/mol. The molecule has 1 heteroatoms. The lowest BCUT2D eigenvalue weighted by molar-refractivity contribution is -0.104. The van der Waals surface area contributed by atoms with Crippen molar-refractivity contribution in [2.45, 2.75) is 20.3 Å². The van der Waals surface area contributed by atoms with Crippen LogP contribution in [0.5, 0.6) is 0 Å². The van der Waals surface area contributed by atoms with E-state index in [-0.39, 0.29) is 0 Å². The van der Waals surface area contributed by atoms with Crippen molar-refractivity contribution in [1.29, 1.82) is 0 Å². The number of rotatable bonds is 2. The van der Waals surface area contributed by atoms with Gasteiger partial charge < -0.3 is 0 Å². The molecule has 0 spiro atoms. The Hall–Kier alpha value is -1.37. The number of aldehydes is 1. The van der Waals surface area contributed by atoms with Gasteiger partial charge in [0.05, 0.1) is 0 Å². The summed E-state index contributed by atoms with van der Waals surface area (Å²) in [5, 5.41) is 0. The van der Waals surface area contributed by atoms with Gasteiger partial charge in [-0.25, -0.2) is 0 Å². The predicted octanol–water partition coefficient (Wildman–Crippen LogP) is 2.96. The second kappa shape index (κ2) is 4.61. The summed E-state index contributed by atoms with van der Waals surface area (Å²) >= 11 is 0. The second-order valence-electron chi connectivity index (χ2n) is 3.12. The third-order valence-electron chi connectivity index (χ3n) is 1.97. The summed E-state index contributed by atoms with van der Waals surface area (Å²) in [4.78, 5) is 10.4. The first-order chi connectivity index (χ1) is 6.26. The Kier molecular flexibility index (Phi) is 3.44. The molecule has 1 aliphatic carbocycles. The van der Waals surface area contributed by atoms with E-state index in [4.69, 9.17) is 0 Å². The molecular formula is C12H14O. The maximum atomic E-state index is 10.4. The van der Waals surface area contributed by atoms with Crippen molar-refractivity contribution in [3.63, 3.8) is 0 Å². The van der Waals surface area contributed by atoms with Gasteiger partial charge >= 0.3 is 0 Å². The third kappa shape index (κ3) is 2.86. The van der Waals surface area contributed by atoms with Crippen molar-refractivity contribution in [2.24, 2.45) is 0 Å². The van der Waals surface area contributed by atoms with Crippen LogP contribution in [-0.4, -0.2) is 6.29 Å². The van der Waals surface area contributed by atoms with Gasteiger partial charge in [-0.1, -0.05) is 24.3 Å². The molecule has 0 aromatic carbocycles. The summed E-state index contributed by atoms with van der Waals surface area (Å²) in [5.41, 5.74) is 3.16. The molecule has 0 saturated heterocycles. The standard InChI is InChI=1S/C12H14O/c1-3-11-5-4-6-12(8-11)7-10(2)9-13/h3-4,6-9H,5H2,1-2H3. The van der Waals surface area contributed by atoms with E-state index in [0.29, 0.717) is 0 Å². The number of allylic oxidation sites excluding steroid dienone is 8. The highest BCUT2D eigenvalue weighted by Gasteiger charge is 1.98. The van der Waals surface area contributed by atoms with Crippen LogP contribution < -0.4 is 0 Å². The Morgan fingerprint density at radius 1 is 1.54 bits per heavy atom. The summed E-state index contributed by atoms with van der Waals surface area (Å²) in [6.07, 6.45) is 12.1. The molecule has 0 fully saturated rings. The fourth-order valence-corrected chi connectivity index (χ4v) is 1.24. The minimum Gasteiger partial charge on any atom is -0.298 e. The molecule has 1 rings (SSSR count). The molecule has 0 heterocycles. The van der Waals surface area contributed by atoms with Crippen molar-refractivity contribution in [1.82, 2.24) is 0 Å². The first-order valence-electron chi connectivity index (χ1n) is 4.43. The summed E-state index contributed by atoms with van der Waals surface area (Å²) in [6.45, 7) is 3.84. The molecule has 0 radical (unpaired) electrons. The minimum absolute atomic E-state index is 0.758. The van der Waals surface area contributed by atoms with Gasteiger partial charge in [0.2, 0.25) is 0 Å². The van der Waals surface area contributed by atoms with Crippen LogP contribution in [-0.2, 0) is 4.79 Å². The molecule has 0 unspecified atom stereocenters. The van der Waals surface area contributed by atoms with E-state index in [1.807, 2.05) is 26.0 Å². The Morgan fingerprint density at radius 3 is 2.92 bits per heavy atom. The van der Waals surface area contributed by atoms with Crippen molar-refractivity contribution in [3.8, 4) is 0 Å². The van der Waals surface area contributed by atoms with Crippen LogP contribution in [0.2, 0.25) is 0 Å². The fourth-order valence-electron chi connectivity index (χ4n) is 1.24. The zero-order chi connectivity index (χ0) is 9.68. The monoisotopic (exact) mass is 174 g/mol. The van der Waals surface area contributed by atoms with E-state index < -0.39 is 0 Å². The second-order valence-corrected chi connectivity index (χ2v) is 3.12. The van der Waals surface area contributed by atoms with Crippen molar-refractivity contribution in [2.75, 3.05) is 0 Å². The van der Waals surface area contributed by atoms with Gasteiger partial charge in [-0.2, -0.15) is 0 Å². The lowest BCUT2D eigenvalue weighted by Gasteiger charge is -2.05. The Bertz CT molecular complexity index is 314. The van der Waals surface area contributed by atoms with Crippen LogP contribution in [0.25, 0.3) is 0 Å². The molecule has 1 aliphatic rings. The number of hydrogen-bond donors (Lipinski definition) is 0. The quantitative estimate of drug-likeness (QED) is 0.464. The van der Waals surface area contributed by atoms with E-state index in [9.17, 15) is 4.79 Å². The van der Waals surface area contributed by atoms with Gasteiger partial charge in [0.1, 0.15) is 6.29 Å². The van der Waals surface area contributed by atoms with E-state index in [0.717, 1.165) is 23.9 Å².